The van der Waals surface area contributed by atoms with Gasteiger partial charge in [0.1, 0.15) is 11.6 Å². The van der Waals surface area contributed by atoms with Gasteiger partial charge in [-0.05, 0) is 98.1 Å². The molecule has 2 fully saturated rings. The first-order valence-electron chi connectivity index (χ1n) is 13.5. The molecule has 0 bridgehead atoms. The number of ketones is 2. The van der Waals surface area contributed by atoms with E-state index in [0.717, 1.165) is 0 Å². The van der Waals surface area contributed by atoms with Gasteiger partial charge in [-0.15, -0.1) is 0 Å². The van der Waals surface area contributed by atoms with Crippen molar-refractivity contribution in [1.82, 2.24) is 19.6 Å². The summed E-state index contributed by atoms with van der Waals surface area (Å²) in [6.45, 7) is 14.0. The third-order valence-electron chi connectivity index (χ3n) is 7.45. The molecule has 208 valence electrons. The van der Waals surface area contributed by atoms with E-state index in [-0.39, 0.29) is 23.4 Å². The van der Waals surface area contributed by atoms with Gasteiger partial charge in [0.2, 0.25) is 11.8 Å². The molecule has 0 unspecified atom stereocenters. The van der Waals surface area contributed by atoms with Crippen molar-refractivity contribution < 1.29 is 19.2 Å². The lowest BCUT2D eigenvalue weighted by atomic mass is 9.93. The van der Waals surface area contributed by atoms with Crippen molar-refractivity contribution in [2.45, 2.75) is 110 Å². The molecular weight excluding hydrogens is 508 g/mol. The van der Waals surface area contributed by atoms with Gasteiger partial charge in [0.25, 0.3) is 0 Å². The molecule has 37 heavy (non-hydrogen) atoms. The summed E-state index contributed by atoms with van der Waals surface area (Å²) in [5.74, 6) is 0.332. The second-order valence-corrected chi connectivity index (χ2v) is 12.0. The van der Waals surface area contributed by atoms with Gasteiger partial charge < -0.3 is 9.80 Å². The van der Waals surface area contributed by atoms with Gasteiger partial charge in [-0.25, -0.2) is 0 Å². The normalized spacial score (nSPS) is 17.0. The number of thiocarbonyl (C=S) groups is 2. The fraction of sp³-hybridized carbons (Fsp3) is 0.778. The molecule has 8 nitrogen and oxygen atoms in total. The van der Waals surface area contributed by atoms with Crippen LogP contribution < -0.4 is 0 Å². The minimum absolute atomic E-state index is 0.0164. The van der Waals surface area contributed by atoms with Crippen LogP contribution in [0.1, 0.15) is 99.3 Å². The predicted molar refractivity (Wildman–Crippen MR) is 153 cm³/mol. The Morgan fingerprint density at radius 1 is 0.676 bits per heavy atom. The Balaban J connectivity index is 1.65. The number of amides is 2. The summed E-state index contributed by atoms with van der Waals surface area (Å²) in [5, 5.41) is 1.15. The van der Waals surface area contributed by atoms with Crippen LogP contribution in [0.4, 0.5) is 0 Å². The van der Waals surface area contributed by atoms with E-state index in [0.29, 0.717) is 94.2 Å². The Hall–Kier alpha value is -1.94. The van der Waals surface area contributed by atoms with Crippen molar-refractivity contribution in [1.29, 1.82) is 0 Å². The van der Waals surface area contributed by atoms with Gasteiger partial charge in [0, 0.05) is 49.9 Å². The first-order chi connectivity index (χ1) is 17.2. The van der Waals surface area contributed by atoms with Gasteiger partial charge in [0.05, 0.1) is 13.1 Å². The topological polar surface area (TPSA) is 81.2 Å². The molecule has 2 aliphatic rings. The Bertz CT molecular complexity index is 846. The molecule has 2 aliphatic heterocycles. The zero-order chi connectivity index (χ0) is 28.0. The van der Waals surface area contributed by atoms with Crippen LogP contribution in [0, 0.1) is 0 Å². The minimum Gasteiger partial charge on any atom is -0.340 e. The van der Waals surface area contributed by atoms with E-state index in [4.69, 9.17) is 24.4 Å². The highest BCUT2D eigenvalue weighted by molar-refractivity contribution is 7.80. The van der Waals surface area contributed by atoms with Gasteiger partial charge in [-0.2, -0.15) is 0 Å². The highest BCUT2D eigenvalue weighted by atomic mass is 32.1. The van der Waals surface area contributed by atoms with E-state index in [1.807, 2.05) is 51.3 Å². The van der Waals surface area contributed by atoms with Crippen molar-refractivity contribution in [2.24, 2.45) is 0 Å². The van der Waals surface area contributed by atoms with E-state index >= 15 is 0 Å². The zero-order valence-electron chi connectivity index (χ0n) is 23.4. The first-order valence-corrected chi connectivity index (χ1v) is 14.3. The molecule has 0 N–H and O–H groups in total. The number of Topliss-reactive ketones (excluding diaryl/α,β-unsaturated/α-hetero) is 2. The quantitative estimate of drug-likeness (QED) is 0.265. The summed E-state index contributed by atoms with van der Waals surface area (Å²) in [7, 11) is 0. The maximum absolute atomic E-state index is 12.4. The SMILES string of the molecule is CCN1CC(=O)N(C(C)(C)CCCC(=O)CCCC(=O)CCCC(C)(C)N2C(=O)CN(CC)C2=S)C1=S. The molecule has 2 rings (SSSR count). The molecule has 2 heterocycles. The predicted octanol–water partition coefficient (Wildman–Crippen LogP) is 4.09. The second kappa shape index (κ2) is 13.2. The lowest BCUT2D eigenvalue weighted by Crippen LogP contribution is -2.48. The van der Waals surface area contributed by atoms with Gasteiger partial charge in [-0.1, -0.05) is 0 Å². The third-order valence-corrected chi connectivity index (χ3v) is 8.33. The van der Waals surface area contributed by atoms with Gasteiger partial charge in [0.15, 0.2) is 10.2 Å². The number of likely N-dealkylation sites (N-methyl/N-ethyl adjacent to an activating group) is 2. The standard InChI is InChI=1S/C27H44N4O4S2/c1-7-28-18-22(34)30(24(28)36)26(3,4)16-10-14-20(32)12-9-13-21(33)15-11-17-27(5,6)31-23(35)19-29(8-2)25(31)37/h7-19H2,1-6H3. The maximum Gasteiger partial charge on any atom is 0.248 e. The fourth-order valence-corrected chi connectivity index (χ4v) is 6.26. The number of hydrogen-bond donors (Lipinski definition) is 0. The molecule has 0 saturated carbocycles. The molecule has 0 aromatic carbocycles. The highest BCUT2D eigenvalue weighted by Crippen LogP contribution is 2.29. The molecule has 2 amide bonds. The number of hydrogen-bond acceptors (Lipinski definition) is 6. The average molecular weight is 553 g/mol. The largest absolute Gasteiger partial charge is 0.340 e. The Kier molecular flexibility index (Phi) is 11.2. The van der Waals surface area contributed by atoms with Crippen molar-refractivity contribution in [2.75, 3.05) is 26.2 Å². The van der Waals surface area contributed by atoms with Crippen LogP contribution in [0.15, 0.2) is 0 Å². The van der Waals surface area contributed by atoms with E-state index < -0.39 is 11.1 Å². The molecule has 0 aromatic rings. The first kappa shape index (κ1) is 31.3. The van der Waals surface area contributed by atoms with E-state index in [2.05, 4.69) is 0 Å². The van der Waals surface area contributed by atoms with Crippen LogP contribution in [-0.4, -0.2) is 90.5 Å². The van der Waals surface area contributed by atoms with E-state index in [1.54, 1.807) is 9.80 Å². The molecule has 10 heteroatoms. The lowest BCUT2D eigenvalue weighted by molar-refractivity contribution is -0.129. The van der Waals surface area contributed by atoms with Crippen LogP contribution in [0.2, 0.25) is 0 Å². The van der Waals surface area contributed by atoms with Crippen LogP contribution in [0.5, 0.6) is 0 Å². The van der Waals surface area contributed by atoms with Gasteiger partial charge in [-0.3, -0.25) is 29.0 Å². The summed E-state index contributed by atoms with van der Waals surface area (Å²) in [4.78, 5) is 56.8. The van der Waals surface area contributed by atoms with Crippen molar-refractivity contribution in [3.8, 4) is 0 Å². The number of carbonyl (C=O) groups excluding carboxylic acids is 4. The van der Waals surface area contributed by atoms with E-state index in [1.165, 1.54) is 0 Å². The van der Waals surface area contributed by atoms with Crippen molar-refractivity contribution >= 4 is 58.0 Å². The fourth-order valence-electron chi connectivity index (χ4n) is 5.18. The Labute approximate surface area is 233 Å². The summed E-state index contributed by atoms with van der Waals surface area (Å²) in [6.07, 6.45) is 4.97. The molecular formula is C27H44N4O4S2. The molecule has 0 radical (unpaired) electrons. The average Bonchev–Trinajstić information content (AvgIpc) is 3.27. The van der Waals surface area contributed by atoms with Crippen LogP contribution in [0.3, 0.4) is 0 Å². The zero-order valence-corrected chi connectivity index (χ0v) is 25.1. The lowest BCUT2D eigenvalue weighted by Gasteiger charge is -2.35. The summed E-state index contributed by atoms with van der Waals surface area (Å²) in [5.41, 5.74) is -0.860. The maximum atomic E-state index is 12.4. The number of rotatable bonds is 16. The Morgan fingerprint density at radius 3 is 1.30 bits per heavy atom. The smallest absolute Gasteiger partial charge is 0.248 e. The highest BCUT2D eigenvalue weighted by Gasteiger charge is 2.42. The molecule has 0 aliphatic carbocycles. The van der Waals surface area contributed by atoms with Crippen molar-refractivity contribution in [3.05, 3.63) is 0 Å². The van der Waals surface area contributed by atoms with Crippen LogP contribution in [0.25, 0.3) is 0 Å². The monoisotopic (exact) mass is 552 g/mol. The summed E-state index contributed by atoms with van der Waals surface area (Å²) >= 11 is 11.0. The van der Waals surface area contributed by atoms with E-state index in [9.17, 15) is 19.2 Å². The second-order valence-electron chi connectivity index (χ2n) is 11.3. The number of nitrogens with zero attached hydrogens (tertiary/aromatic N) is 4. The van der Waals surface area contributed by atoms with Crippen LogP contribution in [-0.2, 0) is 19.2 Å². The molecule has 0 atom stereocenters. The van der Waals surface area contributed by atoms with Crippen molar-refractivity contribution in [3.63, 3.8) is 0 Å². The molecule has 0 aromatic heterocycles. The minimum atomic E-state index is -0.430. The van der Waals surface area contributed by atoms with Gasteiger partial charge >= 0.3 is 0 Å². The summed E-state index contributed by atoms with van der Waals surface area (Å²) < 4.78 is 0. The third kappa shape index (κ3) is 8.02. The summed E-state index contributed by atoms with van der Waals surface area (Å²) in [6, 6.07) is 0. The Morgan fingerprint density at radius 2 is 1.00 bits per heavy atom. The number of carbonyl (C=O) groups is 4. The van der Waals surface area contributed by atoms with Crippen LogP contribution >= 0.6 is 24.4 Å². The molecule has 2 saturated heterocycles. The molecule has 0 spiro atoms.